The molecule has 29 heavy (non-hydrogen) atoms. The maximum absolute atomic E-state index is 12.3. The van der Waals surface area contributed by atoms with E-state index in [1.165, 1.54) is 6.08 Å². The fraction of sp³-hybridized carbons (Fsp3) is 0.364. The Hall–Kier alpha value is -2.92. The Morgan fingerprint density at radius 2 is 2.14 bits per heavy atom. The molecule has 152 valence electrons. The van der Waals surface area contributed by atoms with Crippen LogP contribution in [0.15, 0.2) is 42.0 Å². The number of aliphatic hydroxyl groups is 3. The van der Waals surface area contributed by atoms with Gasteiger partial charge in [-0.05, 0) is 35.6 Å². The number of anilines is 1. The van der Waals surface area contributed by atoms with Crippen molar-refractivity contribution < 1.29 is 20.1 Å². The smallest absolute Gasteiger partial charge is 0.262 e. The number of aliphatic hydroxyl groups excluding tert-OH is 3. The van der Waals surface area contributed by atoms with Crippen LogP contribution in [0.1, 0.15) is 18.9 Å². The number of fused-ring (bicyclic) bond motifs is 1. The van der Waals surface area contributed by atoms with Crippen LogP contribution in [0.3, 0.4) is 0 Å². The lowest BCUT2D eigenvalue weighted by molar-refractivity contribution is -0.118. The van der Waals surface area contributed by atoms with E-state index in [0.717, 1.165) is 35.0 Å². The minimum absolute atomic E-state index is 0.106. The predicted molar refractivity (Wildman–Crippen MR) is 111 cm³/mol. The summed E-state index contributed by atoms with van der Waals surface area (Å²) in [5.41, 5.74) is 1.77. The van der Waals surface area contributed by atoms with Gasteiger partial charge in [0.15, 0.2) is 0 Å². The number of rotatable bonds is 8. The average Bonchev–Trinajstić information content (AvgIpc) is 3.54. The third kappa shape index (κ3) is 4.74. The molecule has 1 aliphatic heterocycles. The molecule has 0 aromatic heterocycles. The van der Waals surface area contributed by atoms with Gasteiger partial charge >= 0.3 is 0 Å². The van der Waals surface area contributed by atoms with Gasteiger partial charge in [-0.3, -0.25) is 4.79 Å². The van der Waals surface area contributed by atoms with Crippen molar-refractivity contribution in [1.29, 1.82) is 5.26 Å². The SMILES string of the molecule is CCC1CN1c1cccc2ccc(/C=C(\C#N)C(=O)NCC(O)C(O)CO)cc12. The van der Waals surface area contributed by atoms with E-state index >= 15 is 0 Å². The number of hydrogen-bond acceptors (Lipinski definition) is 6. The van der Waals surface area contributed by atoms with Crippen LogP contribution in [0.5, 0.6) is 0 Å². The molecule has 0 spiro atoms. The summed E-state index contributed by atoms with van der Waals surface area (Å²) in [6.07, 6.45) is -0.0785. The van der Waals surface area contributed by atoms with Crippen molar-refractivity contribution in [3.63, 3.8) is 0 Å². The molecule has 0 bridgehead atoms. The number of nitriles is 1. The van der Waals surface area contributed by atoms with Crippen molar-refractivity contribution in [2.24, 2.45) is 0 Å². The van der Waals surface area contributed by atoms with Gasteiger partial charge in [0.1, 0.15) is 17.7 Å². The Kier molecular flexibility index (Phi) is 6.49. The van der Waals surface area contributed by atoms with E-state index in [1.807, 2.05) is 36.4 Å². The first-order chi connectivity index (χ1) is 14.0. The van der Waals surface area contributed by atoms with Crippen LogP contribution in [0.2, 0.25) is 0 Å². The molecule has 7 nitrogen and oxygen atoms in total. The van der Waals surface area contributed by atoms with Gasteiger partial charge in [0.25, 0.3) is 5.91 Å². The molecule has 4 N–H and O–H groups in total. The van der Waals surface area contributed by atoms with Gasteiger partial charge < -0.3 is 25.5 Å². The van der Waals surface area contributed by atoms with Gasteiger partial charge in [-0.2, -0.15) is 5.26 Å². The van der Waals surface area contributed by atoms with Crippen molar-refractivity contribution >= 4 is 28.4 Å². The molecule has 1 heterocycles. The first kappa shape index (κ1) is 20.8. The summed E-state index contributed by atoms with van der Waals surface area (Å²) in [6, 6.07) is 14.3. The highest BCUT2D eigenvalue weighted by Gasteiger charge is 2.33. The molecule has 7 heteroatoms. The van der Waals surface area contributed by atoms with Gasteiger partial charge in [0.05, 0.1) is 12.7 Å². The summed E-state index contributed by atoms with van der Waals surface area (Å²) in [6.45, 7) is 2.31. The molecule has 3 unspecified atom stereocenters. The molecule has 1 fully saturated rings. The van der Waals surface area contributed by atoms with Crippen LogP contribution in [0.4, 0.5) is 5.69 Å². The van der Waals surface area contributed by atoms with E-state index in [-0.39, 0.29) is 12.1 Å². The molecule has 2 aromatic rings. The monoisotopic (exact) mass is 395 g/mol. The zero-order valence-electron chi connectivity index (χ0n) is 16.2. The maximum Gasteiger partial charge on any atom is 0.262 e. The van der Waals surface area contributed by atoms with Crippen LogP contribution in [-0.4, -0.2) is 59.2 Å². The number of nitrogens with zero attached hydrogens (tertiary/aromatic N) is 2. The van der Waals surface area contributed by atoms with Crippen LogP contribution < -0.4 is 10.2 Å². The lowest BCUT2D eigenvalue weighted by atomic mass is 10.0. The Morgan fingerprint density at radius 1 is 1.34 bits per heavy atom. The molecule has 0 aliphatic carbocycles. The van der Waals surface area contributed by atoms with E-state index in [1.54, 1.807) is 0 Å². The van der Waals surface area contributed by atoms with Crippen LogP contribution in [0, 0.1) is 11.3 Å². The van der Waals surface area contributed by atoms with Crippen molar-refractivity contribution in [2.75, 3.05) is 24.6 Å². The second kappa shape index (κ2) is 9.05. The first-order valence-corrected chi connectivity index (χ1v) is 9.64. The third-order valence-corrected chi connectivity index (χ3v) is 5.16. The molecule has 1 saturated heterocycles. The second-order valence-corrected chi connectivity index (χ2v) is 7.17. The Bertz CT molecular complexity index is 966. The van der Waals surface area contributed by atoms with E-state index in [9.17, 15) is 20.3 Å². The summed E-state index contributed by atoms with van der Waals surface area (Å²) >= 11 is 0. The zero-order valence-corrected chi connectivity index (χ0v) is 16.2. The van der Waals surface area contributed by atoms with Gasteiger partial charge in [0.2, 0.25) is 0 Å². The number of benzene rings is 2. The lowest BCUT2D eigenvalue weighted by Crippen LogP contribution is -2.40. The second-order valence-electron chi connectivity index (χ2n) is 7.17. The quantitative estimate of drug-likeness (QED) is 0.303. The lowest BCUT2D eigenvalue weighted by Gasteiger charge is -2.15. The van der Waals surface area contributed by atoms with E-state index < -0.39 is 24.7 Å². The summed E-state index contributed by atoms with van der Waals surface area (Å²) < 4.78 is 0. The highest BCUT2D eigenvalue weighted by molar-refractivity contribution is 6.03. The van der Waals surface area contributed by atoms with Gasteiger partial charge in [-0.1, -0.05) is 31.2 Å². The summed E-state index contributed by atoms with van der Waals surface area (Å²) in [7, 11) is 0. The molecule has 3 rings (SSSR count). The van der Waals surface area contributed by atoms with Crippen molar-refractivity contribution in [2.45, 2.75) is 31.6 Å². The summed E-state index contributed by atoms with van der Waals surface area (Å²) in [4.78, 5) is 14.6. The molecular weight excluding hydrogens is 370 g/mol. The minimum atomic E-state index is -1.35. The van der Waals surface area contributed by atoms with Crippen LogP contribution >= 0.6 is 0 Å². The zero-order chi connectivity index (χ0) is 21.0. The predicted octanol–water partition coefficient (Wildman–Crippen LogP) is 1.18. The van der Waals surface area contributed by atoms with Crippen LogP contribution in [0.25, 0.3) is 16.8 Å². The fourth-order valence-electron chi connectivity index (χ4n) is 3.30. The van der Waals surface area contributed by atoms with Gasteiger partial charge in [0, 0.05) is 30.2 Å². The number of carbonyl (C=O) groups is 1. The van der Waals surface area contributed by atoms with Gasteiger partial charge in [-0.25, -0.2) is 0 Å². The summed E-state index contributed by atoms with van der Waals surface area (Å²) in [5.74, 6) is -0.651. The topological polar surface area (TPSA) is 117 Å². The largest absolute Gasteiger partial charge is 0.394 e. The average molecular weight is 395 g/mol. The van der Waals surface area contributed by atoms with Crippen molar-refractivity contribution in [1.82, 2.24) is 5.32 Å². The van der Waals surface area contributed by atoms with Crippen LogP contribution in [-0.2, 0) is 4.79 Å². The minimum Gasteiger partial charge on any atom is -0.394 e. The number of carbonyl (C=O) groups excluding carboxylic acids is 1. The number of nitrogens with one attached hydrogen (secondary N) is 1. The van der Waals surface area contributed by atoms with Gasteiger partial charge in [-0.15, -0.1) is 0 Å². The summed E-state index contributed by atoms with van der Waals surface area (Å²) in [5, 5.41) is 41.7. The van der Waals surface area contributed by atoms with E-state index in [0.29, 0.717) is 6.04 Å². The molecule has 1 aliphatic rings. The molecule has 0 saturated carbocycles. The molecule has 3 atom stereocenters. The Balaban J connectivity index is 1.81. The highest BCUT2D eigenvalue weighted by atomic mass is 16.4. The molecular formula is C22H25N3O4. The molecule has 2 aromatic carbocycles. The van der Waals surface area contributed by atoms with E-state index in [4.69, 9.17) is 5.11 Å². The Morgan fingerprint density at radius 3 is 2.79 bits per heavy atom. The normalized spacial score (nSPS) is 18.2. The van der Waals surface area contributed by atoms with E-state index in [2.05, 4.69) is 23.2 Å². The van der Waals surface area contributed by atoms with Crippen molar-refractivity contribution in [3.8, 4) is 6.07 Å². The number of amides is 1. The highest BCUT2D eigenvalue weighted by Crippen LogP contribution is 2.36. The first-order valence-electron chi connectivity index (χ1n) is 9.64. The third-order valence-electron chi connectivity index (χ3n) is 5.16. The van der Waals surface area contributed by atoms with Crippen molar-refractivity contribution in [3.05, 3.63) is 47.5 Å². The molecule has 1 amide bonds. The maximum atomic E-state index is 12.3. The fourth-order valence-corrected chi connectivity index (χ4v) is 3.30. The Labute approximate surface area is 169 Å². The molecule has 0 radical (unpaired) electrons. The standard InChI is InChI=1S/C22H25N3O4/c1-2-17-12-25(17)19-5-3-4-15-7-6-14(9-18(15)19)8-16(10-23)22(29)24-11-20(27)21(28)13-26/h3-9,17,20-21,26-28H,2,11-13H2,1H3,(H,24,29)/b16-8+. The number of hydrogen-bond donors (Lipinski definition) is 4.